The predicted octanol–water partition coefficient (Wildman–Crippen LogP) is 1.04. The zero-order valence-corrected chi connectivity index (χ0v) is 17.2. The van der Waals surface area contributed by atoms with Gasteiger partial charge in [0.25, 0.3) is 11.5 Å². The zero-order chi connectivity index (χ0) is 20.4. The SMILES string of the molecule is CCc1onc(C)c1C(=O)N1CC[C@@H](N(C)Cc2cc(=O)[nH]c(N(C)C)n2)C1. The van der Waals surface area contributed by atoms with Crippen LogP contribution in [0.25, 0.3) is 0 Å². The van der Waals surface area contributed by atoms with Crippen molar-refractivity contribution in [2.24, 2.45) is 0 Å². The van der Waals surface area contributed by atoms with Crippen LogP contribution in [-0.2, 0) is 13.0 Å². The number of amides is 1. The summed E-state index contributed by atoms with van der Waals surface area (Å²) in [6, 6.07) is 1.73. The molecule has 0 bridgehead atoms. The molecule has 28 heavy (non-hydrogen) atoms. The number of aryl methyl sites for hydroxylation is 2. The van der Waals surface area contributed by atoms with Gasteiger partial charge in [0, 0.05) is 52.3 Å². The maximum absolute atomic E-state index is 12.9. The van der Waals surface area contributed by atoms with E-state index in [9.17, 15) is 9.59 Å². The Labute approximate surface area is 164 Å². The lowest BCUT2D eigenvalue weighted by Gasteiger charge is -2.24. The number of H-pyrrole nitrogens is 1. The van der Waals surface area contributed by atoms with E-state index in [0.29, 0.717) is 54.7 Å². The fourth-order valence-electron chi connectivity index (χ4n) is 3.55. The summed E-state index contributed by atoms with van der Waals surface area (Å²) >= 11 is 0. The first-order chi connectivity index (χ1) is 13.3. The quantitative estimate of drug-likeness (QED) is 0.789. The van der Waals surface area contributed by atoms with Crippen molar-refractivity contribution in [1.29, 1.82) is 0 Å². The number of likely N-dealkylation sites (N-methyl/N-ethyl adjacent to an activating group) is 1. The molecule has 3 rings (SSSR count). The van der Waals surface area contributed by atoms with E-state index in [4.69, 9.17) is 4.52 Å². The summed E-state index contributed by atoms with van der Waals surface area (Å²) in [6.45, 7) is 5.62. The maximum Gasteiger partial charge on any atom is 0.259 e. The van der Waals surface area contributed by atoms with E-state index in [1.807, 2.05) is 33.0 Å². The van der Waals surface area contributed by atoms with E-state index in [1.165, 1.54) is 6.07 Å². The van der Waals surface area contributed by atoms with Crippen molar-refractivity contribution in [2.45, 2.75) is 39.3 Å². The average Bonchev–Trinajstić information content (AvgIpc) is 3.27. The zero-order valence-electron chi connectivity index (χ0n) is 17.2. The molecule has 1 fully saturated rings. The second-order valence-electron chi connectivity index (χ2n) is 7.48. The number of likely N-dealkylation sites (tertiary alicyclic amines) is 1. The van der Waals surface area contributed by atoms with Gasteiger partial charge in [0.05, 0.1) is 11.4 Å². The Balaban J connectivity index is 1.67. The van der Waals surface area contributed by atoms with Gasteiger partial charge in [-0.15, -0.1) is 0 Å². The minimum atomic E-state index is -0.166. The lowest BCUT2D eigenvalue weighted by molar-refractivity contribution is 0.0776. The standard InChI is InChI=1S/C19H28N6O3/c1-6-15-17(12(2)22-28-15)18(27)25-8-7-14(11-25)24(5)10-13-9-16(26)21-19(20-13)23(3)4/h9,14H,6-8,10-11H2,1-5H3,(H,20,21,26)/t14-/m1/s1. The molecular weight excluding hydrogens is 360 g/mol. The molecule has 2 aromatic heterocycles. The number of aromatic nitrogens is 3. The maximum atomic E-state index is 12.9. The Kier molecular flexibility index (Phi) is 5.83. The highest BCUT2D eigenvalue weighted by Gasteiger charge is 2.32. The van der Waals surface area contributed by atoms with E-state index in [1.54, 1.807) is 11.8 Å². The van der Waals surface area contributed by atoms with Gasteiger partial charge in [0.2, 0.25) is 5.95 Å². The van der Waals surface area contributed by atoms with E-state index in [-0.39, 0.29) is 17.5 Å². The van der Waals surface area contributed by atoms with Gasteiger partial charge in [-0.25, -0.2) is 4.98 Å². The predicted molar refractivity (Wildman–Crippen MR) is 106 cm³/mol. The molecule has 0 radical (unpaired) electrons. The van der Waals surface area contributed by atoms with Crippen LogP contribution in [0.4, 0.5) is 5.95 Å². The molecule has 9 nitrogen and oxygen atoms in total. The van der Waals surface area contributed by atoms with Crippen LogP contribution in [0, 0.1) is 6.92 Å². The van der Waals surface area contributed by atoms with Crippen LogP contribution in [0.5, 0.6) is 0 Å². The monoisotopic (exact) mass is 388 g/mol. The first-order valence-corrected chi connectivity index (χ1v) is 9.52. The first-order valence-electron chi connectivity index (χ1n) is 9.52. The molecule has 152 valence electrons. The van der Waals surface area contributed by atoms with Crippen LogP contribution in [0.2, 0.25) is 0 Å². The molecule has 1 aliphatic rings. The van der Waals surface area contributed by atoms with Gasteiger partial charge in [0.15, 0.2) is 0 Å². The Morgan fingerprint density at radius 3 is 2.82 bits per heavy atom. The summed E-state index contributed by atoms with van der Waals surface area (Å²) in [5, 5.41) is 3.94. The Morgan fingerprint density at radius 1 is 1.39 bits per heavy atom. The molecule has 0 aromatic carbocycles. The van der Waals surface area contributed by atoms with Crippen LogP contribution in [-0.4, -0.2) is 71.1 Å². The highest BCUT2D eigenvalue weighted by molar-refractivity contribution is 5.96. The molecule has 0 saturated carbocycles. The largest absolute Gasteiger partial charge is 0.360 e. The van der Waals surface area contributed by atoms with Crippen molar-refractivity contribution < 1.29 is 9.32 Å². The molecule has 0 unspecified atom stereocenters. The van der Waals surface area contributed by atoms with Crippen molar-refractivity contribution in [3.05, 3.63) is 39.1 Å². The second-order valence-corrected chi connectivity index (χ2v) is 7.48. The number of nitrogens with zero attached hydrogens (tertiary/aromatic N) is 5. The number of hydrogen-bond donors (Lipinski definition) is 1. The van der Waals surface area contributed by atoms with Crippen LogP contribution in [0.3, 0.4) is 0 Å². The molecule has 0 spiro atoms. The summed E-state index contributed by atoms with van der Waals surface area (Å²) < 4.78 is 5.27. The highest BCUT2D eigenvalue weighted by Crippen LogP contribution is 2.22. The number of nitrogens with one attached hydrogen (secondary N) is 1. The molecule has 3 heterocycles. The molecule has 2 aromatic rings. The van der Waals surface area contributed by atoms with Gasteiger partial charge in [-0.1, -0.05) is 12.1 Å². The highest BCUT2D eigenvalue weighted by atomic mass is 16.5. The summed E-state index contributed by atoms with van der Waals surface area (Å²) in [4.78, 5) is 37.8. The summed E-state index contributed by atoms with van der Waals surface area (Å²) in [6.07, 6.45) is 1.51. The third-order valence-corrected chi connectivity index (χ3v) is 5.16. The van der Waals surface area contributed by atoms with Gasteiger partial charge < -0.3 is 14.3 Å². The third kappa shape index (κ3) is 4.09. The Morgan fingerprint density at radius 2 is 2.14 bits per heavy atom. The number of aromatic amines is 1. The van der Waals surface area contributed by atoms with Crippen LogP contribution in [0.1, 0.15) is 40.9 Å². The molecule has 9 heteroatoms. The lowest BCUT2D eigenvalue weighted by atomic mass is 10.1. The number of hydrogen-bond acceptors (Lipinski definition) is 7. The molecule has 0 aliphatic carbocycles. The molecule has 1 N–H and O–H groups in total. The van der Waals surface area contributed by atoms with Crippen molar-refractivity contribution in [1.82, 2.24) is 24.9 Å². The molecule has 1 atom stereocenters. The molecule has 1 amide bonds. The van der Waals surface area contributed by atoms with E-state index in [0.717, 1.165) is 6.42 Å². The number of carbonyl (C=O) groups excluding carboxylic acids is 1. The average molecular weight is 388 g/mol. The van der Waals surface area contributed by atoms with Gasteiger partial charge in [-0.2, -0.15) is 0 Å². The van der Waals surface area contributed by atoms with Crippen molar-refractivity contribution in [3.8, 4) is 0 Å². The molecule has 1 aliphatic heterocycles. The van der Waals surface area contributed by atoms with Crippen molar-refractivity contribution >= 4 is 11.9 Å². The normalized spacial score (nSPS) is 16.8. The van der Waals surface area contributed by atoms with Crippen molar-refractivity contribution in [2.75, 3.05) is 39.1 Å². The van der Waals surface area contributed by atoms with Gasteiger partial charge in [-0.3, -0.25) is 19.5 Å². The Hall–Kier alpha value is -2.68. The van der Waals surface area contributed by atoms with Crippen LogP contribution < -0.4 is 10.5 Å². The minimum Gasteiger partial charge on any atom is -0.360 e. The number of carbonyl (C=O) groups is 1. The van der Waals surface area contributed by atoms with E-state index in [2.05, 4.69) is 20.0 Å². The van der Waals surface area contributed by atoms with E-state index < -0.39 is 0 Å². The van der Waals surface area contributed by atoms with Crippen LogP contribution in [0.15, 0.2) is 15.4 Å². The van der Waals surface area contributed by atoms with Crippen LogP contribution >= 0.6 is 0 Å². The number of rotatable bonds is 6. The van der Waals surface area contributed by atoms with Crippen molar-refractivity contribution in [3.63, 3.8) is 0 Å². The summed E-state index contributed by atoms with van der Waals surface area (Å²) in [7, 11) is 5.67. The molecule has 1 saturated heterocycles. The van der Waals surface area contributed by atoms with Gasteiger partial charge >= 0.3 is 0 Å². The lowest BCUT2D eigenvalue weighted by Crippen LogP contribution is -2.37. The topological polar surface area (TPSA) is 98.6 Å². The third-order valence-electron chi connectivity index (χ3n) is 5.16. The fraction of sp³-hybridized carbons (Fsp3) is 0.579. The first kappa shape index (κ1) is 20.1. The van der Waals surface area contributed by atoms with Gasteiger partial charge in [0.1, 0.15) is 11.3 Å². The summed E-state index contributed by atoms with van der Waals surface area (Å²) in [5.41, 5.74) is 1.78. The minimum absolute atomic E-state index is 0.0179. The molecular formula is C19H28N6O3. The smallest absolute Gasteiger partial charge is 0.259 e. The second kappa shape index (κ2) is 8.14. The Bertz CT molecular complexity index is 903. The van der Waals surface area contributed by atoms with E-state index >= 15 is 0 Å². The number of anilines is 1. The summed E-state index contributed by atoms with van der Waals surface area (Å²) in [5.74, 6) is 1.16. The van der Waals surface area contributed by atoms with Gasteiger partial charge in [-0.05, 0) is 20.4 Å². The fourth-order valence-corrected chi connectivity index (χ4v) is 3.55.